The number of rotatable bonds is 4. The molecule has 2 heterocycles. The molecule has 0 saturated heterocycles. The van der Waals surface area contributed by atoms with E-state index in [1.54, 1.807) is 13.0 Å². The SMILES string of the molecule is CCn1c(=O)c(=O)[nH]c2cc(C(=O)NNC(=O)Cc3nc4ccccc4n3C)ccc21. The molecule has 2 aromatic carbocycles. The minimum absolute atomic E-state index is 0.0146. The lowest BCUT2D eigenvalue weighted by atomic mass is 10.2. The van der Waals surface area contributed by atoms with E-state index in [4.69, 9.17) is 0 Å². The predicted molar refractivity (Wildman–Crippen MR) is 115 cm³/mol. The summed E-state index contributed by atoms with van der Waals surface area (Å²) in [6.07, 6.45) is -0.0146. The second-order valence-electron chi connectivity index (χ2n) is 6.99. The second kappa shape index (κ2) is 7.90. The van der Waals surface area contributed by atoms with Crippen LogP contribution in [0.5, 0.6) is 0 Å². The van der Waals surface area contributed by atoms with Gasteiger partial charge in [-0.05, 0) is 37.3 Å². The molecule has 0 spiro atoms. The highest BCUT2D eigenvalue weighted by atomic mass is 16.2. The first-order valence-electron chi connectivity index (χ1n) is 9.65. The highest BCUT2D eigenvalue weighted by Gasteiger charge is 2.14. The Labute approximate surface area is 175 Å². The lowest BCUT2D eigenvalue weighted by molar-refractivity contribution is -0.121. The van der Waals surface area contributed by atoms with Gasteiger partial charge in [-0.25, -0.2) is 4.98 Å². The first kappa shape index (κ1) is 20.1. The summed E-state index contributed by atoms with van der Waals surface area (Å²) in [7, 11) is 1.82. The number of amides is 2. The van der Waals surface area contributed by atoms with E-state index in [2.05, 4.69) is 20.8 Å². The van der Waals surface area contributed by atoms with Gasteiger partial charge in [0.1, 0.15) is 5.82 Å². The summed E-state index contributed by atoms with van der Waals surface area (Å²) in [4.78, 5) is 55.4. The van der Waals surface area contributed by atoms with Gasteiger partial charge in [0.25, 0.3) is 5.91 Å². The number of imidazole rings is 1. The summed E-state index contributed by atoms with van der Waals surface area (Å²) < 4.78 is 3.15. The van der Waals surface area contributed by atoms with Crippen LogP contribution < -0.4 is 22.0 Å². The smallest absolute Gasteiger partial charge is 0.316 e. The maximum Gasteiger partial charge on any atom is 0.316 e. The molecule has 2 amide bonds. The first-order valence-corrected chi connectivity index (χ1v) is 9.65. The Morgan fingerprint density at radius 3 is 2.58 bits per heavy atom. The molecular formula is C21H20N6O4. The number of nitrogens with one attached hydrogen (secondary N) is 3. The number of aromatic nitrogens is 4. The van der Waals surface area contributed by atoms with Crippen LogP contribution in [0.4, 0.5) is 0 Å². The molecule has 158 valence electrons. The zero-order valence-corrected chi connectivity index (χ0v) is 16.9. The van der Waals surface area contributed by atoms with Gasteiger partial charge in [0.05, 0.1) is 28.5 Å². The minimum Gasteiger partial charge on any atom is -0.331 e. The quantitative estimate of drug-likeness (QED) is 0.329. The van der Waals surface area contributed by atoms with Crippen molar-refractivity contribution in [2.24, 2.45) is 7.05 Å². The normalized spacial score (nSPS) is 11.0. The van der Waals surface area contributed by atoms with Gasteiger partial charge in [0, 0.05) is 19.2 Å². The molecule has 0 unspecified atom stereocenters. The number of aromatic amines is 1. The molecule has 0 aliphatic carbocycles. The molecule has 0 bridgehead atoms. The number of carbonyl (C=O) groups is 2. The van der Waals surface area contributed by atoms with Crippen LogP contribution in [0.25, 0.3) is 22.1 Å². The van der Waals surface area contributed by atoms with Crippen LogP contribution >= 0.6 is 0 Å². The third-order valence-corrected chi connectivity index (χ3v) is 5.07. The van der Waals surface area contributed by atoms with Gasteiger partial charge >= 0.3 is 11.1 Å². The summed E-state index contributed by atoms with van der Waals surface area (Å²) >= 11 is 0. The van der Waals surface area contributed by atoms with Gasteiger partial charge in [0.2, 0.25) is 5.91 Å². The molecule has 4 rings (SSSR count). The molecule has 4 aromatic rings. The highest BCUT2D eigenvalue weighted by molar-refractivity contribution is 5.98. The molecular weight excluding hydrogens is 400 g/mol. The van der Waals surface area contributed by atoms with Crippen LogP contribution in [0.15, 0.2) is 52.1 Å². The molecule has 0 aliphatic rings. The van der Waals surface area contributed by atoms with Gasteiger partial charge < -0.3 is 14.1 Å². The average molecular weight is 420 g/mol. The lowest BCUT2D eigenvalue weighted by Gasteiger charge is -2.10. The van der Waals surface area contributed by atoms with Crippen molar-refractivity contribution in [2.45, 2.75) is 19.9 Å². The second-order valence-corrected chi connectivity index (χ2v) is 6.99. The van der Waals surface area contributed by atoms with Crippen LogP contribution in [0.1, 0.15) is 23.1 Å². The van der Waals surface area contributed by atoms with Crippen molar-refractivity contribution in [3.63, 3.8) is 0 Å². The molecule has 2 aromatic heterocycles. The third-order valence-electron chi connectivity index (χ3n) is 5.07. The fraction of sp³-hybridized carbons (Fsp3) is 0.190. The van der Waals surface area contributed by atoms with E-state index < -0.39 is 22.9 Å². The van der Waals surface area contributed by atoms with Crippen LogP contribution in [0.2, 0.25) is 0 Å². The van der Waals surface area contributed by atoms with E-state index in [9.17, 15) is 19.2 Å². The minimum atomic E-state index is -0.761. The Morgan fingerprint density at radius 1 is 1.06 bits per heavy atom. The van der Waals surface area contributed by atoms with Gasteiger partial charge in [-0.1, -0.05) is 12.1 Å². The van der Waals surface area contributed by atoms with Crippen molar-refractivity contribution in [3.8, 4) is 0 Å². The van der Waals surface area contributed by atoms with Crippen molar-refractivity contribution in [1.82, 2.24) is 30.0 Å². The van der Waals surface area contributed by atoms with Crippen molar-refractivity contribution in [1.29, 1.82) is 0 Å². The van der Waals surface area contributed by atoms with Crippen molar-refractivity contribution in [2.75, 3.05) is 0 Å². The van der Waals surface area contributed by atoms with Gasteiger partial charge in [-0.2, -0.15) is 0 Å². The molecule has 3 N–H and O–H groups in total. The number of para-hydroxylation sites is 2. The maximum atomic E-state index is 12.5. The number of hydrogen-bond acceptors (Lipinski definition) is 5. The zero-order chi connectivity index (χ0) is 22.1. The van der Waals surface area contributed by atoms with Crippen molar-refractivity contribution < 1.29 is 9.59 Å². The number of hydrazine groups is 1. The van der Waals surface area contributed by atoms with E-state index in [0.717, 1.165) is 11.0 Å². The Hall–Kier alpha value is -4.21. The molecule has 0 fully saturated rings. The maximum absolute atomic E-state index is 12.5. The van der Waals surface area contributed by atoms with E-state index in [1.807, 2.05) is 35.9 Å². The van der Waals surface area contributed by atoms with E-state index >= 15 is 0 Å². The number of fused-ring (bicyclic) bond motifs is 2. The van der Waals surface area contributed by atoms with Crippen molar-refractivity contribution in [3.05, 3.63) is 74.6 Å². The van der Waals surface area contributed by atoms with Crippen LogP contribution in [0.3, 0.4) is 0 Å². The number of nitrogens with zero attached hydrogens (tertiary/aromatic N) is 3. The molecule has 0 atom stereocenters. The summed E-state index contributed by atoms with van der Waals surface area (Å²) in [5.41, 5.74) is 6.08. The van der Waals surface area contributed by atoms with Crippen molar-refractivity contribution >= 4 is 33.9 Å². The third kappa shape index (κ3) is 3.70. The van der Waals surface area contributed by atoms with Crippen LogP contribution in [-0.2, 0) is 24.8 Å². The molecule has 10 nitrogen and oxygen atoms in total. The summed E-state index contributed by atoms with van der Waals surface area (Å²) in [5, 5.41) is 0. The Morgan fingerprint density at radius 2 is 1.84 bits per heavy atom. The van der Waals surface area contributed by atoms with Crippen LogP contribution in [0, 0.1) is 0 Å². The van der Waals surface area contributed by atoms with E-state index in [-0.39, 0.29) is 12.0 Å². The largest absolute Gasteiger partial charge is 0.331 e. The predicted octanol–water partition coefficient (Wildman–Crippen LogP) is 0.600. The van der Waals surface area contributed by atoms with E-state index in [1.165, 1.54) is 16.7 Å². The Balaban J connectivity index is 1.48. The Kier molecular flexibility index (Phi) is 5.12. The topological polar surface area (TPSA) is 131 Å². The summed E-state index contributed by atoms with van der Waals surface area (Å²) in [5.74, 6) is -0.426. The van der Waals surface area contributed by atoms with Crippen LogP contribution in [-0.4, -0.2) is 30.9 Å². The standard InChI is InChI=1S/C21H20N6O4/c1-3-27-16-9-8-12(10-14(16)23-20(30)21(27)31)19(29)25-24-18(28)11-17-22-13-6-4-5-7-15(13)26(17)2/h4-10H,3,11H2,1-2H3,(H,23,30)(H,24,28)(H,25,29). The zero-order valence-electron chi connectivity index (χ0n) is 16.9. The molecule has 10 heteroatoms. The monoisotopic (exact) mass is 420 g/mol. The highest BCUT2D eigenvalue weighted by Crippen LogP contribution is 2.14. The fourth-order valence-electron chi connectivity index (χ4n) is 3.47. The number of carbonyl (C=O) groups excluding carboxylic acids is 2. The number of aryl methyl sites for hydroxylation is 2. The lowest BCUT2D eigenvalue weighted by Crippen LogP contribution is -2.42. The average Bonchev–Trinajstić information content (AvgIpc) is 3.08. The van der Waals surface area contributed by atoms with Gasteiger partial charge in [-0.3, -0.25) is 30.0 Å². The number of benzene rings is 2. The molecule has 31 heavy (non-hydrogen) atoms. The fourth-order valence-corrected chi connectivity index (χ4v) is 3.47. The first-order chi connectivity index (χ1) is 14.9. The Bertz CT molecular complexity index is 1450. The molecule has 0 aliphatic heterocycles. The summed E-state index contributed by atoms with van der Waals surface area (Å²) in [6, 6.07) is 12.1. The molecule has 0 saturated carbocycles. The van der Waals surface area contributed by atoms with E-state index in [0.29, 0.717) is 23.4 Å². The van der Waals surface area contributed by atoms with Gasteiger partial charge in [0.15, 0.2) is 0 Å². The number of H-pyrrole nitrogens is 1. The molecule has 0 radical (unpaired) electrons. The van der Waals surface area contributed by atoms with Gasteiger partial charge in [-0.15, -0.1) is 0 Å². The summed E-state index contributed by atoms with van der Waals surface area (Å²) in [6.45, 7) is 2.07. The number of hydrogen-bond donors (Lipinski definition) is 3.